The van der Waals surface area contributed by atoms with Gasteiger partial charge in [-0.1, -0.05) is 53.7 Å². The predicted octanol–water partition coefficient (Wildman–Crippen LogP) is 5.44. The first kappa shape index (κ1) is 21.4. The second-order valence-electron chi connectivity index (χ2n) is 6.60. The van der Waals surface area contributed by atoms with Gasteiger partial charge in [0.25, 0.3) is 11.8 Å². The summed E-state index contributed by atoms with van der Waals surface area (Å²) in [5, 5.41) is 3.60. The van der Waals surface area contributed by atoms with Crippen LogP contribution in [0.4, 0.5) is 0 Å². The Morgan fingerprint density at radius 3 is 2.65 bits per heavy atom. The lowest BCUT2D eigenvalue weighted by Gasteiger charge is -2.15. The van der Waals surface area contributed by atoms with Crippen molar-refractivity contribution in [3.05, 3.63) is 81.7 Å². The number of thiocarbonyl (C=S) groups is 1. The minimum Gasteiger partial charge on any atom is -0.493 e. The molecular weight excluding hydrogens is 452 g/mol. The zero-order valence-corrected chi connectivity index (χ0v) is 18.8. The maximum atomic E-state index is 13.0. The van der Waals surface area contributed by atoms with Crippen molar-refractivity contribution in [2.45, 2.75) is 6.92 Å². The molecule has 0 aromatic heterocycles. The van der Waals surface area contributed by atoms with E-state index in [1.54, 1.807) is 30.3 Å². The Labute approximate surface area is 194 Å². The zero-order valence-electron chi connectivity index (χ0n) is 16.4. The number of ether oxygens (including phenoxy) is 1. The van der Waals surface area contributed by atoms with Gasteiger partial charge in [-0.15, -0.1) is 0 Å². The number of hydrogen-bond acceptors (Lipinski definition) is 5. The number of amides is 2. The summed E-state index contributed by atoms with van der Waals surface area (Å²) in [6.45, 7) is 2.40. The third-order valence-corrected chi connectivity index (χ3v) is 6.17. The first-order chi connectivity index (χ1) is 15.0. The fraction of sp³-hybridized carbons (Fsp3) is 0.0870. The lowest BCUT2D eigenvalue weighted by Crippen LogP contribution is -2.44. The molecule has 4 rings (SSSR count). The summed E-state index contributed by atoms with van der Waals surface area (Å²) in [6.07, 6.45) is 1.76. The number of benzene rings is 3. The second-order valence-corrected chi connectivity index (χ2v) is 8.71. The summed E-state index contributed by atoms with van der Waals surface area (Å²) in [6, 6.07) is 18.1. The van der Waals surface area contributed by atoms with Gasteiger partial charge < -0.3 is 4.74 Å². The van der Waals surface area contributed by atoms with Gasteiger partial charge in [-0.2, -0.15) is 5.01 Å². The molecule has 1 saturated heterocycles. The van der Waals surface area contributed by atoms with Crippen LogP contribution in [0.1, 0.15) is 22.8 Å². The van der Waals surface area contributed by atoms with E-state index in [0.29, 0.717) is 27.8 Å². The van der Waals surface area contributed by atoms with E-state index >= 15 is 0 Å². The third kappa shape index (κ3) is 4.44. The minimum absolute atomic E-state index is 0.247. The summed E-state index contributed by atoms with van der Waals surface area (Å²) in [7, 11) is 0. The van der Waals surface area contributed by atoms with E-state index in [4.69, 9.17) is 28.6 Å². The maximum Gasteiger partial charge on any atom is 0.285 e. The van der Waals surface area contributed by atoms with Gasteiger partial charge >= 0.3 is 0 Å². The van der Waals surface area contributed by atoms with Crippen molar-refractivity contribution in [2.75, 3.05) is 6.61 Å². The summed E-state index contributed by atoms with van der Waals surface area (Å²) in [4.78, 5) is 25.9. The van der Waals surface area contributed by atoms with Gasteiger partial charge in [0, 0.05) is 16.1 Å². The number of nitrogens with one attached hydrogen (secondary N) is 1. The molecule has 0 radical (unpaired) electrons. The van der Waals surface area contributed by atoms with Gasteiger partial charge in [0.05, 0.1) is 11.5 Å². The quantitative estimate of drug-likeness (QED) is 0.399. The fourth-order valence-electron chi connectivity index (χ4n) is 3.17. The average molecular weight is 469 g/mol. The normalized spacial score (nSPS) is 15.0. The van der Waals surface area contributed by atoms with Crippen molar-refractivity contribution in [2.24, 2.45) is 0 Å². The summed E-state index contributed by atoms with van der Waals surface area (Å²) < 4.78 is 6.03. The summed E-state index contributed by atoms with van der Waals surface area (Å²) >= 11 is 12.3. The molecule has 8 heteroatoms. The second kappa shape index (κ2) is 9.09. The van der Waals surface area contributed by atoms with Crippen molar-refractivity contribution in [1.29, 1.82) is 0 Å². The molecule has 1 N–H and O–H groups in total. The van der Waals surface area contributed by atoms with Gasteiger partial charge in [-0.05, 0) is 66.3 Å². The van der Waals surface area contributed by atoms with Crippen LogP contribution in [0.2, 0.25) is 5.02 Å². The maximum absolute atomic E-state index is 13.0. The van der Waals surface area contributed by atoms with Crippen LogP contribution in [-0.4, -0.2) is 27.8 Å². The molecule has 0 atom stereocenters. The van der Waals surface area contributed by atoms with Crippen LogP contribution in [0, 0.1) is 0 Å². The zero-order chi connectivity index (χ0) is 22.0. The molecule has 156 valence electrons. The van der Waals surface area contributed by atoms with E-state index in [2.05, 4.69) is 5.43 Å². The van der Waals surface area contributed by atoms with Crippen LogP contribution in [0.3, 0.4) is 0 Å². The third-order valence-electron chi connectivity index (χ3n) is 4.62. The van der Waals surface area contributed by atoms with Crippen molar-refractivity contribution in [1.82, 2.24) is 10.4 Å². The Hall–Kier alpha value is -2.87. The number of nitrogens with zero attached hydrogens (tertiary/aromatic N) is 1. The van der Waals surface area contributed by atoms with Gasteiger partial charge in [-0.25, -0.2) is 0 Å². The Morgan fingerprint density at radius 2 is 1.90 bits per heavy atom. The summed E-state index contributed by atoms with van der Waals surface area (Å²) in [5.41, 5.74) is 3.74. The van der Waals surface area contributed by atoms with E-state index in [0.717, 1.165) is 33.1 Å². The van der Waals surface area contributed by atoms with E-state index in [9.17, 15) is 9.59 Å². The van der Waals surface area contributed by atoms with Gasteiger partial charge in [0.2, 0.25) is 0 Å². The highest BCUT2D eigenvalue weighted by molar-refractivity contribution is 8.26. The average Bonchev–Trinajstić information content (AvgIpc) is 3.03. The van der Waals surface area contributed by atoms with Crippen LogP contribution in [0.5, 0.6) is 5.75 Å². The standard InChI is InChI=1S/C23H17ClN2O3S2/c1-2-29-19-12-9-14-5-3-4-6-17(14)18(19)13-20-22(28)26(23(30)31-20)25-21(27)15-7-10-16(24)11-8-15/h3-13H,2H2,1H3,(H,25,27)/b20-13+. The SMILES string of the molecule is CCOc1ccc2ccccc2c1/C=C1/SC(=S)N(NC(=O)c2ccc(Cl)cc2)C1=O. The number of thioether (sulfide) groups is 1. The lowest BCUT2D eigenvalue weighted by molar-refractivity contribution is -0.123. The molecule has 0 spiro atoms. The van der Waals surface area contributed by atoms with Crippen LogP contribution >= 0.6 is 35.6 Å². The van der Waals surface area contributed by atoms with Crippen molar-refractivity contribution < 1.29 is 14.3 Å². The highest BCUT2D eigenvalue weighted by atomic mass is 35.5. The molecule has 3 aromatic rings. The van der Waals surface area contributed by atoms with Crippen molar-refractivity contribution >= 4 is 68.6 Å². The van der Waals surface area contributed by atoms with Gasteiger partial charge in [0.15, 0.2) is 4.32 Å². The molecule has 0 unspecified atom stereocenters. The smallest absolute Gasteiger partial charge is 0.285 e. The molecule has 1 fully saturated rings. The summed E-state index contributed by atoms with van der Waals surface area (Å²) in [5.74, 6) is -0.168. The Morgan fingerprint density at radius 1 is 1.16 bits per heavy atom. The fourth-order valence-corrected chi connectivity index (χ4v) is 4.46. The Balaban J connectivity index is 1.65. The number of hydrogen-bond donors (Lipinski definition) is 1. The molecule has 1 heterocycles. The molecule has 0 aliphatic carbocycles. The number of halogens is 1. The largest absolute Gasteiger partial charge is 0.493 e. The van der Waals surface area contributed by atoms with Crippen LogP contribution in [0.15, 0.2) is 65.6 Å². The van der Waals surface area contributed by atoms with Crippen molar-refractivity contribution in [3.63, 3.8) is 0 Å². The molecule has 1 aliphatic heterocycles. The van der Waals surface area contributed by atoms with E-state index in [-0.39, 0.29) is 4.32 Å². The van der Waals surface area contributed by atoms with Crippen LogP contribution in [0.25, 0.3) is 16.8 Å². The van der Waals surface area contributed by atoms with E-state index in [1.807, 2.05) is 43.3 Å². The molecular formula is C23H17ClN2O3S2. The van der Waals surface area contributed by atoms with Crippen molar-refractivity contribution in [3.8, 4) is 5.75 Å². The van der Waals surface area contributed by atoms with Gasteiger partial charge in [-0.3, -0.25) is 15.0 Å². The van der Waals surface area contributed by atoms with Gasteiger partial charge in [0.1, 0.15) is 5.75 Å². The highest BCUT2D eigenvalue weighted by Gasteiger charge is 2.34. The topological polar surface area (TPSA) is 58.6 Å². The Kier molecular flexibility index (Phi) is 6.27. The van der Waals surface area contributed by atoms with E-state index in [1.165, 1.54) is 0 Å². The van der Waals surface area contributed by atoms with Crippen LogP contribution < -0.4 is 10.2 Å². The predicted molar refractivity (Wildman–Crippen MR) is 129 cm³/mol. The number of carbonyl (C=O) groups excluding carboxylic acids is 2. The number of rotatable bonds is 5. The molecule has 0 bridgehead atoms. The molecule has 1 aliphatic rings. The molecule has 31 heavy (non-hydrogen) atoms. The molecule has 2 amide bonds. The van der Waals surface area contributed by atoms with Crippen LogP contribution in [-0.2, 0) is 4.79 Å². The number of carbonyl (C=O) groups is 2. The molecule has 5 nitrogen and oxygen atoms in total. The molecule has 3 aromatic carbocycles. The first-order valence-corrected chi connectivity index (χ1v) is 11.1. The van der Waals surface area contributed by atoms with E-state index < -0.39 is 11.8 Å². The first-order valence-electron chi connectivity index (χ1n) is 9.47. The number of hydrazine groups is 1. The minimum atomic E-state index is -0.450. The highest BCUT2D eigenvalue weighted by Crippen LogP contribution is 2.36. The lowest BCUT2D eigenvalue weighted by atomic mass is 10.0. The molecule has 0 saturated carbocycles. The number of fused-ring (bicyclic) bond motifs is 1. The Bertz CT molecular complexity index is 1230. The monoisotopic (exact) mass is 468 g/mol.